The van der Waals surface area contributed by atoms with Gasteiger partial charge in [0.2, 0.25) is 11.8 Å². The van der Waals surface area contributed by atoms with Crippen LogP contribution < -0.4 is 16.3 Å². The number of carboxylic acid groups (broad SMARTS) is 1. The quantitative estimate of drug-likeness (QED) is 0.261. The molecule has 1 atom stereocenters. The Morgan fingerprint density at radius 3 is 2.50 bits per heavy atom. The summed E-state index contributed by atoms with van der Waals surface area (Å²) in [4.78, 5) is 49.5. The normalized spacial score (nSPS) is 12.0. The predicted octanol–water partition coefficient (Wildman–Crippen LogP) is 3.63. The van der Waals surface area contributed by atoms with Crippen LogP contribution in [-0.4, -0.2) is 41.2 Å². The molecule has 2 amide bonds. The van der Waals surface area contributed by atoms with Gasteiger partial charge in [-0.15, -0.1) is 0 Å². The molecule has 198 valence electrons. The lowest BCUT2D eigenvalue weighted by atomic mass is 9.98. The number of thioether (sulfide) groups is 1. The van der Waals surface area contributed by atoms with Crippen LogP contribution in [0, 0.1) is 20.8 Å². The zero-order valence-corrected chi connectivity index (χ0v) is 22.1. The first kappa shape index (κ1) is 27.0. The highest BCUT2D eigenvalue weighted by Gasteiger charge is 2.24. The fourth-order valence-electron chi connectivity index (χ4n) is 4.42. The number of carbonyl (C=O) groups is 3. The summed E-state index contributed by atoms with van der Waals surface area (Å²) in [6.07, 6.45) is 1.33. The maximum atomic E-state index is 13.0. The van der Waals surface area contributed by atoms with Crippen LogP contribution in [0.2, 0.25) is 0 Å². The number of fused-ring (bicyclic) bond motifs is 3. The zero-order valence-electron chi connectivity index (χ0n) is 21.3. The number of furan rings is 1. The van der Waals surface area contributed by atoms with Gasteiger partial charge in [-0.3, -0.25) is 14.4 Å². The third-order valence-electron chi connectivity index (χ3n) is 6.27. The van der Waals surface area contributed by atoms with Gasteiger partial charge in [0.15, 0.2) is 0 Å². The Morgan fingerprint density at radius 2 is 1.79 bits per heavy atom. The maximum absolute atomic E-state index is 13.0. The van der Waals surface area contributed by atoms with Gasteiger partial charge in [0.1, 0.15) is 23.8 Å². The van der Waals surface area contributed by atoms with E-state index in [4.69, 9.17) is 13.9 Å². The summed E-state index contributed by atoms with van der Waals surface area (Å²) in [6, 6.07) is 10.4. The van der Waals surface area contributed by atoms with Gasteiger partial charge in [0.25, 0.3) is 0 Å². The number of benzene rings is 2. The molecule has 0 aliphatic rings. The summed E-state index contributed by atoms with van der Waals surface area (Å²) >= 11 is 1.42. The summed E-state index contributed by atoms with van der Waals surface area (Å²) in [7, 11) is 0. The molecule has 4 aromatic rings. The first-order valence-corrected chi connectivity index (χ1v) is 13.2. The Kier molecular flexibility index (Phi) is 8.21. The molecule has 0 spiro atoms. The fraction of sp³-hybridized carbons (Fsp3) is 0.286. The predicted molar refractivity (Wildman–Crippen MR) is 145 cm³/mol. The second kappa shape index (κ2) is 11.6. The van der Waals surface area contributed by atoms with Gasteiger partial charge in [-0.1, -0.05) is 30.3 Å². The lowest BCUT2D eigenvalue weighted by Crippen LogP contribution is -2.50. The standard InChI is InChI=1S/C28H28N2O7S/c1-15-9-21-25(26-24(15)16(2)12-36-26)17(3)19(28(35)37-21)10-22(31)30-20(27(34)29-11-23(32)33)14-38-13-18-7-5-4-6-8-18/h4-9,12,20H,10-11,13-14H2,1-3H3,(H,29,34)(H,30,31)(H,32,33)/t20-/m0/s1. The van der Waals surface area contributed by atoms with Crippen molar-refractivity contribution < 1.29 is 28.3 Å². The monoisotopic (exact) mass is 536 g/mol. The van der Waals surface area contributed by atoms with E-state index in [1.165, 1.54) is 11.8 Å². The van der Waals surface area contributed by atoms with Crippen molar-refractivity contribution in [2.75, 3.05) is 12.3 Å². The topological polar surface area (TPSA) is 139 Å². The van der Waals surface area contributed by atoms with Crippen LogP contribution in [-0.2, 0) is 26.6 Å². The smallest absolute Gasteiger partial charge is 0.340 e. The minimum atomic E-state index is -1.19. The Hall–Kier alpha value is -4.05. The summed E-state index contributed by atoms with van der Waals surface area (Å²) < 4.78 is 11.3. The van der Waals surface area contributed by atoms with E-state index in [0.717, 1.165) is 22.1 Å². The van der Waals surface area contributed by atoms with Crippen molar-refractivity contribution in [2.45, 2.75) is 39.0 Å². The molecule has 38 heavy (non-hydrogen) atoms. The molecule has 0 bridgehead atoms. The summed E-state index contributed by atoms with van der Waals surface area (Å²) in [5.41, 5.74) is 3.96. The fourth-order valence-corrected chi connectivity index (χ4v) is 5.44. The Morgan fingerprint density at radius 1 is 1.05 bits per heavy atom. The summed E-state index contributed by atoms with van der Waals surface area (Å²) in [6.45, 7) is 5.01. The molecule has 0 unspecified atom stereocenters. The van der Waals surface area contributed by atoms with Crippen LogP contribution in [0.1, 0.15) is 27.8 Å². The highest BCUT2D eigenvalue weighted by Crippen LogP contribution is 2.34. The van der Waals surface area contributed by atoms with E-state index < -0.39 is 36.0 Å². The summed E-state index contributed by atoms with van der Waals surface area (Å²) in [5.74, 6) is -1.56. The molecule has 2 aromatic carbocycles. The Bertz CT molecular complexity index is 1570. The van der Waals surface area contributed by atoms with Crippen molar-refractivity contribution in [1.82, 2.24) is 10.6 Å². The van der Waals surface area contributed by atoms with E-state index in [1.807, 2.05) is 44.2 Å². The zero-order chi connectivity index (χ0) is 27.4. The number of carboxylic acids is 1. The average molecular weight is 537 g/mol. The molecule has 0 radical (unpaired) electrons. The van der Waals surface area contributed by atoms with Gasteiger partial charge >= 0.3 is 11.6 Å². The number of rotatable bonds is 10. The van der Waals surface area contributed by atoms with E-state index in [0.29, 0.717) is 27.9 Å². The van der Waals surface area contributed by atoms with E-state index in [2.05, 4.69) is 10.6 Å². The lowest BCUT2D eigenvalue weighted by molar-refractivity contribution is -0.138. The van der Waals surface area contributed by atoms with Gasteiger partial charge in [-0.05, 0) is 49.1 Å². The van der Waals surface area contributed by atoms with E-state index in [1.54, 1.807) is 19.3 Å². The first-order chi connectivity index (χ1) is 18.2. The van der Waals surface area contributed by atoms with Crippen LogP contribution in [0.4, 0.5) is 0 Å². The van der Waals surface area contributed by atoms with Crippen molar-refractivity contribution in [2.24, 2.45) is 0 Å². The first-order valence-electron chi connectivity index (χ1n) is 12.0. The molecular weight excluding hydrogens is 508 g/mol. The van der Waals surface area contributed by atoms with Crippen LogP contribution >= 0.6 is 11.8 Å². The van der Waals surface area contributed by atoms with E-state index in [-0.39, 0.29) is 17.7 Å². The minimum Gasteiger partial charge on any atom is -0.480 e. The van der Waals surface area contributed by atoms with Crippen molar-refractivity contribution >= 4 is 51.5 Å². The van der Waals surface area contributed by atoms with E-state index >= 15 is 0 Å². The molecule has 2 aromatic heterocycles. The van der Waals surface area contributed by atoms with Gasteiger partial charge in [-0.2, -0.15) is 11.8 Å². The molecular formula is C28H28N2O7S. The molecule has 0 saturated carbocycles. The lowest BCUT2D eigenvalue weighted by Gasteiger charge is -2.18. The minimum absolute atomic E-state index is 0.163. The number of aryl methyl sites for hydroxylation is 3. The van der Waals surface area contributed by atoms with Gasteiger partial charge in [0, 0.05) is 16.9 Å². The van der Waals surface area contributed by atoms with Crippen molar-refractivity contribution in [3.05, 3.63) is 80.9 Å². The largest absolute Gasteiger partial charge is 0.480 e. The average Bonchev–Trinajstić information content (AvgIpc) is 3.26. The molecule has 2 heterocycles. The van der Waals surface area contributed by atoms with Crippen LogP contribution in [0.15, 0.2) is 56.3 Å². The van der Waals surface area contributed by atoms with Crippen LogP contribution in [0.5, 0.6) is 0 Å². The van der Waals surface area contributed by atoms with E-state index in [9.17, 15) is 19.2 Å². The molecule has 3 N–H and O–H groups in total. The number of nitrogens with one attached hydrogen (secondary N) is 2. The molecule has 0 saturated heterocycles. The van der Waals surface area contributed by atoms with Crippen molar-refractivity contribution in [3.8, 4) is 0 Å². The summed E-state index contributed by atoms with van der Waals surface area (Å²) in [5, 5.41) is 15.4. The van der Waals surface area contributed by atoms with Crippen molar-refractivity contribution in [3.63, 3.8) is 0 Å². The Balaban J connectivity index is 1.56. The molecule has 0 aliphatic heterocycles. The third kappa shape index (κ3) is 5.91. The van der Waals surface area contributed by atoms with Gasteiger partial charge < -0.3 is 24.6 Å². The maximum Gasteiger partial charge on any atom is 0.340 e. The van der Waals surface area contributed by atoms with Gasteiger partial charge in [-0.25, -0.2) is 4.79 Å². The van der Waals surface area contributed by atoms with Gasteiger partial charge in [0.05, 0.1) is 23.6 Å². The number of amides is 2. The number of aliphatic carboxylic acids is 1. The second-order valence-corrected chi connectivity index (χ2v) is 10.1. The molecule has 10 heteroatoms. The highest BCUT2D eigenvalue weighted by atomic mass is 32.2. The number of hydrogen-bond acceptors (Lipinski definition) is 7. The number of hydrogen-bond donors (Lipinski definition) is 3. The molecule has 0 fully saturated rings. The Labute approximate surface area is 222 Å². The van der Waals surface area contributed by atoms with Crippen molar-refractivity contribution in [1.29, 1.82) is 0 Å². The third-order valence-corrected chi connectivity index (χ3v) is 7.37. The molecule has 0 aliphatic carbocycles. The molecule has 4 rings (SSSR count). The van der Waals surface area contributed by atoms with Crippen LogP contribution in [0.25, 0.3) is 21.9 Å². The molecule has 9 nitrogen and oxygen atoms in total. The highest BCUT2D eigenvalue weighted by molar-refractivity contribution is 7.98. The van der Waals surface area contributed by atoms with Crippen LogP contribution in [0.3, 0.4) is 0 Å². The second-order valence-electron chi connectivity index (χ2n) is 9.09. The number of carbonyl (C=O) groups excluding carboxylic acids is 2. The SMILES string of the molecule is Cc1coc2c1c(C)cc1oc(=O)c(CC(=O)N[C@@H](CSCc3ccccc3)C(=O)NCC(=O)O)c(C)c12.